The maximum absolute atomic E-state index is 6.09. The lowest BCUT2D eigenvalue weighted by molar-refractivity contribution is 0.623. The number of hydrogen-bond donors (Lipinski definition) is 1. The van der Waals surface area contributed by atoms with Crippen molar-refractivity contribution in [1.29, 1.82) is 0 Å². The molecule has 0 amide bonds. The normalized spacial score (nSPS) is 22.0. The second-order valence-corrected chi connectivity index (χ2v) is 4.26. The number of benzene rings is 1. The van der Waals surface area contributed by atoms with Gasteiger partial charge in [-0.05, 0) is 29.7 Å². The summed E-state index contributed by atoms with van der Waals surface area (Å²) in [4.78, 5) is 0. The van der Waals surface area contributed by atoms with Gasteiger partial charge >= 0.3 is 0 Å². The summed E-state index contributed by atoms with van der Waals surface area (Å²) in [5.41, 5.74) is 2.54. The molecular weight excluding hydrogens is 237 g/mol. The Kier molecular flexibility index (Phi) is 2.40. The molecule has 0 bridgehead atoms. The Labute approximate surface area is 85.2 Å². The van der Waals surface area contributed by atoms with Gasteiger partial charge in [-0.15, -0.1) is 11.6 Å². The van der Waals surface area contributed by atoms with E-state index in [4.69, 9.17) is 11.6 Å². The van der Waals surface area contributed by atoms with Crippen LogP contribution in [0.25, 0.3) is 0 Å². The quantitative estimate of drug-likeness (QED) is 0.548. The third-order valence-electron chi connectivity index (χ3n) is 2.10. The van der Waals surface area contributed by atoms with Crippen LogP contribution in [-0.2, 0) is 6.42 Å². The van der Waals surface area contributed by atoms with Crippen LogP contribution < -0.4 is 5.32 Å². The minimum absolute atomic E-state index is 0.0220. The van der Waals surface area contributed by atoms with Crippen LogP contribution in [0.2, 0.25) is 0 Å². The van der Waals surface area contributed by atoms with E-state index in [1.54, 1.807) is 0 Å². The van der Waals surface area contributed by atoms with Gasteiger partial charge in [0, 0.05) is 11.0 Å². The number of rotatable bonds is 0. The van der Waals surface area contributed by atoms with Gasteiger partial charge in [0.05, 0.1) is 0 Å². The summed E-state index contributed by atoms with van der Waals surface area (Å²) in [6.07, 6.45) is 1.08. The van der Waals surface area contributed by atoms with E-state index in [-0.39, 0.29) is 5.50 Å². The molecule has 0 saturated heterocycles. The Morgan fingerprint density at radius 3 is 3.17 bits per heavy atom. The summed E-state index contributed by atoms with van der Waals surface area (Å²) in [7, 11) is 0. The highest BCUT2D eigenvalue weighted by atomic mass is 79.9. The number of hydrogen-bond acceptors (Lipinski definition) is 1. The van der Waals surface area contributed by atoms with Crippen LogP contribution in [0.5, 0.6) is 0 Å². The summed E-state index contributed by atoms with van der Waals surface area (Å²) in [6, 6.07) is 6.28. The van der Waals surface area contributed by atoms with Crippen molar-refractivity contribution in [3.05, 3.63) is 33.8 Å². The molecule has 1 nitrogen and oxygen atoms in total. The van der Waals surface area contributed by atoms with Crippen LogP contribution in [0.3, 0.4) is 0 Å². The number of fused-ring (bicyclic) bond motifs is 1. The first kappa shape index (κ1) is 8.54. The van der Waals surface area contributed by atoms with Gasteiger partial charge in [-0.1, -0.05) is 22.0 Å². The zero-order valence-electron chi connectivity index (χ0n) is 6.48. The number of halogens is 2. The lowest BCUT2D eigenvalue weighted by atomic mass is 10.0. The predicted molar refractivity (Wildman–Crippen MR) is 54.4 cm³/mol. The molecule has 0 radical (unpaired) electrons. The molecule has 0 saturated carbocycles. The Morgan fingerprint density at radius 1 is 1.50 bits per heavy atom. The van der Waals surface area contributed by atoms with Crippen molar-refractivity contribution in [2.45, 2.75) is 11.9 Å². The Morgan fingerprint density at radius 2 is 2.33 bits per heavy atom. The number of nitrogens with one attached hydrogen (secondary N) is 1. The zero-order valence-corrected chi connectivity index (χ0v) is 8.82. The average molecular weight is 247 g/mol. The topological polar surface area (TPSA) is 12.0 Å². The Hall–Kier alpha value is -0.0500. The standard InChI is InChI=1S/C9H9BrClN/c10-7-2-1-6-3-4-12-9(11)8(6)5-7/h1-2,5,9,12H,3-4H2. The summed E-state index contributed by atoms with van der Waals surface area (Å²) < 4.78 is 1.09. The van der Waals surface area contributed by atoms with Crippen molar-refractivity contribution < 1.29 is 0 Å². The van der Waals surface area contributed by atoms with Crippen molar-refractivity contribution in [3.63, 3.8) is 0 Å². The first-order valence-corrected chi connectivity index (χ1v) is 5.16. The van der Waals surface area contributed by atoms with Gasteiger partial charge in [0.1, 0.15) is 5.50 Å². The van der Waals surface area contributed by atoms with E-state index in [1.807, 2.05) is 0 Å². The zero-order chi connectivity index (χ0) is 8.55. The highest BCUT2D eigenvalue weighted by Gasteiger charge is 2.16. The fourth-order valence-corrected chi connectivity index (χ4v) is 2.16. The smallest absolute Gasteiger partial charge is 0.108 e. The molecule has 0 fully saturated rings. The molecule has 12 heavy (non-hydrogen) atoms. The van der Waals surface area contributed by atoms with E-state index in [0.717, 1.165) is 17.4 Å². The molecule has 0 spiro atoms. The van der Waals surface area contributed by atoms with E-state index in [2.05, 4.69) is 39.4 Å². The molecule has 2 rings (SSSR count). The molecule has 0 aliphatic carbocycles. The Bertz CT molecular complexity index is 301. The second kappa shape index (κ2) is 3.36. The first-order valence-electron chi connectivity index (χ1n) is 3.93. The van der Waals surface area contributed by atoms with Crippen LogP contribution in [0.15, 0.2) is 22.7 Å². The molecule has 3 heteroatoms. The van der Waals surface area contributed by atoms with Gasteiger partial charge in [0.25, 0.3) is 0 Å². The van der Waals surface area contributed by atoms with Crippen molar-refractivity contribution >= 4 is 27.5 Å². The van der Waals surface area contributed by atoms with Crippen molar-refractivity contribution in [3.8, 4) is 0 Å². The minimum atomic E-state index is -0.0220. The second-order valence-electron chi connectivity index (χ2n) is 2.91. The SMILES string of the molecule is ClC1NCCc2ccc(Br)cc21. The molecule has 1 aliphatic heterocycles. The summed E-state index contributed by atoms with van der Waals surface area (Å²) in [5, 5.41) is 3.21. The third-order valence-corrected chi connectivity index (χ3v) is 2.98. The molecular formula is C9H9BrClN. The largest absolute Gasteiger partial charge is 0.297 e. The molecule has 1 atom stereocenters. The summed E-state index contributed by atoms with van der Waals surface area (Å²) >= 11 is 9.52. The van der Waals surface area contributed by atoms with Gasteiger partial charge < -0.3 is 0 Å². The van der Waals surface area contributed by atoms with Gasteiger partial charge in [0.2, 0.25) is 0 Å². The molecule has 1 heterocycles. The van der Waals surface area contributed by atoms with Crippen molar-refractivity contribution in [2.75, 3.05) is 6.54 Å². The van der Waals surface area contributed by atoms with Gasteiger partial charge in [-0.25, -0.2) is 0 Å². The highest BCUT2D eigenvalue weighted by Crippen LogP contribution is 2.28. The monoisotopic (exact) mass is 245 g/mol. The van der Waals surface area contributed by atoms with Gasteiger partial charge in [-0.3, -0.25) is 5.32 Å². The van der Waals surface area contributed by atoms with E-state index in [1.165, 1.54) is 11.1 Å². The van der Waals surface area contributed by atoms with E-state index in [0.29, 0.717) is 0 Å². The lowest BCUT2D eigenvalue weighted by Gasteiger charge is -2.22. The molecule has 64 valence electrons. The maximum Gasteiger partial charge on any atom is 0.108 e. The van der Waals surface area contributed by atoms with Crippen molar-refractivity contribution in [2.24, 2.45) is 0 Å². The van der Waals surface area contributed by atoms with Crippen LogP contribution in [-0.4, -0.2) is 6.54 Å². The van der Waals surface area contributed by atoms with Crippen LogP contribution in [0.4, 0.5) is 0 Å². The van der Waals surface area contributed by atoms with Crippen LogP contribution in [0, 0.1) is 0 Å². The van der Waals surface area contributed by atoms with Gasteiger partial charge in [0.15, 0.2) is 0 Å². The maximum atomic E-state index is 6.09. The van der Waals surface area contributed by atoms with Gasteiger partial charge in [-0.2, -0.15) is 0 Å². The Balaban J connectivity index is 2.47. The highest BCUT2D eigenvalue weighted by molar-refractivity contribution is 9.10. The van der Waals surface area contributed by atoms with E-state index >= 15 is 0 Å². The predicted octanol–water partition coefficient (Wildman–Crippen LogP) is 2.83. The van der Waals surface area contributed by atoms with Crippen LogP contribution in [0.1, 0.15) is 16.6 Å². The van der Waals surface area contributed by atoms with E-state index in [9.17, 15) is 0 Å². The van der Waals surface area contributed by atoms with E-state index < -0.39 is 0 Å². The summed E-state index contributed by atoms with van der Waals surface area (Å²) in [6.45, 7) is 0.975. The molecule has 1 aliphatic rings. The molecule has 1 unspecified atom stereocenters. The lowest BCUT2D eigenvalue weighted by Crippen LogP contribution is -2.26. The number of alkyl halides is 1. The molecule has 1 aromatic carbocycles. The molecule has 1 N–H and O–H groups in total. The van der Waals surface area contributed by atoms with Crippen LogP contribution >= 0.6 is 27.5 Å². The fraction of sp³-hybridized carbons (Fsp3) is 0.333. The molecule has 1 aromatic rings. The average Bonchev–Trinajstić information content (AvgIpc) is 2.07. The summed E-state index contributed by atoms with van der Waals surface area (Å²) in [5.74, 6) is 0. The molecule has 0 aromatic heterocycles. The van der Waals surface area contributed by atoms with Crippen molar-refractivity contribution in [1.82, 2.24) is 5.32 Å². The first-order chi connectivity index (χ1) is 5.77. The third kappa shape index (κ3) is 1.51. The minimum Gasteiger partial charge on any atom is -0.297 e. The fourth-order valence-electron chi connectivity index (χ4n) is 1.47.